The van der Waals surface area contributed by atoms with Crippen molar-refractivity contribution < 1.29 is 9.84 Å². The van der Waals surface area contributed by atoms with Crippen molar-refractivity contribution in [2.24, 2.45) is 0 Å². The largest absolute Gasteiger partial charge is 0.496 e. The van der Waals surface area contributed by atoms with E-state index in [1.807, 2.05) is 19.1 Å². The Balaban J connectivity index is 2.50. The fraction of sp³-hybridized carbons (Fsp3) is 0.455. The number of rotatable bonds is 2. The summed E-state index contributed by atoms with van der Waals surface area (Å²) in [7, 11) is 1.65. The molecule has 76 valence electrons. The molecular formula is C11H13BrO2. The minimum absolute atomic E-state index is 0.611. The van der Waals surface area contributed by atoms with Crippen LogP contribution in [0.25, 0.3) is 0 Å². The van der Waals surface area contributed by atoms with Crippen molar-refractivity contribution in [1.82, 2.24) is 0 Å². The average molecular weight is 257 g/mol. The van der Waals surface area contributed by atoms with Crippen LogP contribution in [0.4, 0.5) is 0 Å². The molecule has 2 nitrogen and oxygen atoms in total. The minimum Gasteiger partial charge on any atom is -0.496 e. The smallest absolute Gasteiger partial charge is 0.122 e. The minimum atomic E-state index is -0.611. The van der Waals surface area contributed by atoms with Crippen molar-refractivity contribution in [3.05, 3.63) is 27.7 Å². The molecule has 0 bridgehead atoms. The number of halogens is 1. The summed E-state index contributed by atoms with van der Waals surface area (Å²) in [5.74, 6) is 0.837. The van der Waals surface area contributed by atoms with Crippen LogP contribution < -0.4 is 4.74 Å². The molecule has 1 saturated carbocycles. The Hall–Kier alpha value is -0.540. The van der Waals surface area contributed by atoms with Crippen molar-refractivity contribution in [3.63, 3.8) is 0 Å². The van der Waals surface area contributed by atoms with E-state index in [4.69, 9.17) is 4.74 Å². The maximum Gasteiger partial charge on any atom is 0.122 e. The summed E-state index contributed by atoms with van der Waals surface area (Å²) in [6.07, 6.45) is 1.69. The Labute approximate surface area is 92.0 Å². The van der Waals surface area contributed by atoms with Gasteiger partial charge in [-0.1, -0.05) is 15.9 Å². The molecule has 0 aliphatic heterocycles. The highest BCUT2D eigenvalue weighted by molar-refractivity contribution is 9.10. The molecule has 2 rings (SSSR count). The molecule has 0 saturated heterocycles. The lowest BCUT2D eigenvalue weighted by atomic mass is 10.1. The molecule has 1 aliphatic rings. The summed E-state index contributed by atoms with van der Waals surface area (Å²) in [5.41, 5.74) is 1.41. The van der Waals surface area contributed by atoms with Gasteiger partial charge in [0.05, 0.1) is 12.7 Å². The second kappa shape index (κ2) is 3.24. The summed E-state index contributed by atoms with van der Waals surface area (Å²) in [6.45, 7) is 1.99. The lowest BCUT2D eigenvalue weighted by Gasteiger charge is -2.14. The van der Waals surface area contributed by atoms with Gasteiger partial charge in [-0.3, -0.25) is 0 Å². The van der Waals surface area contributed by atoms with Crippen LogP contribution in [0.1, 0.15) is 24.0 Å². The molecule has 0 unspecified atom stereocenters. The summed E-state index contributed by atoms with van der Waals surface area (Å²) in [4.78, 5) is 0. The molecule has 0 amide bonds. The van der Waals surface area contributed by atoms with Crippen molar-refractivity contribution in [2.75, 3.05) is 7.11 Å². The lowest BCUT2D eigenvalue weighted by Crippen LogP contribution is -2.06. The second-order valence-corrected chi connectivity index (χ2v) is 4.69. The van der Waals surface area contributed by atoms with E-state index in [1.165, 1.54) is 0 Å². The van der Waals surface area contributed by atoms with Gasteiger partial charge >= 0.3 is 0 Å². The van der Waals surface area contributed by atoms with E-state index < -0.39 is 5.60 Å². The van der Waals surface area contributed by atoms with Gasteiger partial charge in [0.2, 0.25) is 0 Å². The maximum atomic E-state index is 10.0. The summed E-state index contributed by atoms with van der Waals surface area (Å²) < 4.78 is 6.20. The molecule has 1 aliphatic carbocycles. The van der Waals surface area contributed by atoms with Gasteiger partial charge in [-0.25, -0.2) is 0 Å². The van der Waals surface area contributed by atoms with E-state index in [-0.39, 0.29) is 0 Å². The number of aryl methyl sites for hydroxylation is 1. The van der Waals surface area contributed by atoms with Gasteiger partial charge in [0.25, 0.3) is 0 Å². The van der Waals surface area contributed by atoms with Gasteiger partial charge < -0.3 is 9.84 Å². The second-order valence-electron chi connectivity index (χ2n) is 3.83. The third-order valence-electron chi connectivity index (χ3n) is 2.71. The Bertz CT molecular complexity index is 370. The Morgan fingerprint density at radius 3 is 2.57 bits per heavy atom. The molecule has 14 heavy (non-hydrogen) atoms. The van der Waals surface area contributed by atoms with Crippen LogP contribution in [-0.2, 0) is 5.60 Å². The zero-order valence-electron chi connectivity index (χ0n) is 8.30. The van der Waals surface area contributed by atoms with Crippen LogP contribution in [-0.4, -0.2) is 12.2 Å². The molecule has 0 radical (unpaired) electrons. The zero-order chi connectivity index (χ0) is 10.3. The van der Waals surface area contributed by atoms with Crippen LogP contribution in [0.3, 0.4) is 0 Å². The van der Waals surface area contributed by atoms with Crippen LogP contribution in [0, 0.1) is 6.92 Å². The number of methoxy groups -OCH3 is 1. The van der Waals surface area contributed by atoms with Gasteiger partial charge in [-0.15, -0.1) is 0 Å². The molecule has 0 atom stereocenters. The summed E-state index contributed by atoms with van der Waals surface area (Å²) in [6, 6.07) is 3.91. The molecule has 1 N–H and O–H groups in total. The SMILES string of the molecule is COc1cc(C2(O)CC2)c(Br)cc1C. The quantitative estimate of drug-likeness (QED) is 0.882. The molecule has 3 heteroatoms. The molecule has 0 aromatic heterocycles. The average Bonchev–Trinajstić information content (AvgIpc) is 2.85. The van der Waals surface area contributed by atoms with Gasteiger partial charge in [0, 0.05) is 10.0 Å². The fourth-order valence-corrected chi connectivity index (χ4v) is 2.44. The van der Waals surface area contributed by atoms with E-state index in [0.29, 0.717) is 0 Å². The normalized spacial score (nSPS) is 18.0. The van der Waals surface area contributed by atoms with Crippen molar-refractivity contribution in [2.45, 2.75) is 25.4 Å². The summed E-state index contributed by atoms with van der Waals surface area (Å²) in [5, 5.41) is 10.0. The number of aliphatic hydroxyl groups is 1. The van der Waals surface area contributed by atoms with E-state index in [1.54, 1.807) is 7.11 Å². The van der Waals surface area contributed by atoms with Crippen molar-refractivity contribution >= 4 is 15.9 Å². The monoisotopic (exact) mass is 256 g/mol. The van der Waals surface area contributed by atoms with E-state index in [2.05, 4.69) is 15.9 Å². The van der Waals surface area contributed by atoms with Crippen LogP contribution in [0.5, 0.6) is 5.75 Å². The highest BCUT2D eigenvalue weighted by Gasteiger charge is 2.43. The van der Waals surface area contributed by atoms with Gasteiger partial charge in [-0.2, -0.15) is 0 Å². The van der Waals surface area contributed by atoms with E-state index >= 15 is 0 Å². The topological polar surface area (TPSA) is 29.5 Å². The third kappa shape index (κ3) is 1.55. The van der Waals surface area contributed by atoms with E-state index in [9.17, 15) is 5.11 Å². The molecule has 1 aromatic rings. The van der Waals surface area contributed by atoms with Gasteiger partial charge in [-0.05, 0) is 37.5 Å². The first-order valence-electron chi connectivity index (χ1n) is 4.64. The first-order chi connectivity index (χ1) is 6.57. The standard InChI is InChI=1S/C11H13BrO2/c1-7-5-9(12)8(6-10(7)14-2)11(13)3-4-11/h5-6,13H,3-4H2,1-2H3. The molecule has 0 spiro atoms. The highest BCUT2D eigenvalue weighted by Crippen LogP contribution is 2.49. The maximum absolute atomic E-state index is 10.0. The number of hydrogen-bond acceptors (Lipinski definition) is 2. The Morgan fingerprint density at radius 2 is 2.07 bits per heavy atom. The molecule has 1 aromatic carbocycles. The third-order valence-corrected chi connectivity index (χ3v) is 3.37. The number of hydrogen-bond donors (Lipinski definition) is 1. The lowest BCUT2D eigenvalue weighted by molar-refractivity contribution is 0.150. The molecular weight excluding hydrogens is 244 g/mol. The number of ether oxygens (including phenoxy) is 1. The molecule has 1 fully saturated rings. The molecule has 0 heterocycles. The fourth-order valence-electron chi connectivity index (χ4n) is 1.62. The van der Waals surface area contributed by atoms with Crippen LogP contribution in [0.15, 0.2) is 16.6 Å². The van der Waals surface area contributed by atoms with Crippen LogP contribution in [0.2, 0.25) is 0 Å². The zero-order valence-corrected chi connectivity index (χ0v) is 9.89. The number of benzene rings is 1. The van der Waals surface area contributed by atoms with E-state index in [0.717, 1.165) is 34.2 Å². The van der Waals surface area contributed by atoms with Gasteiger partial charge in [0.1, 0.15) is 5.75 Å². The van der Waals surface area contributed by atoms with Crippen molar-refractivity contribution in [3.8, 4) is 5.75 Å². The highest BCUT2D eigenvalue weighted by atomic mass is 79.9. The summed E-state index contributed by atoms with van der Waals surface area (Å²) >= 11 is 3.47. The first kappa shape index (κ1) is 9.99. The Kier molecular flexibility index (Phi) is 2.32. The predicted molar refractivity (Wildman–Crippen MR) is 58.6 cm³/mol. The Morgan fingerprint density at radius 1 is 1.43 bits per heavy atom. The van der Waals surface area contributed by atoms with Gasteiger partial charge in [0.15, 0.2) is 0 Å². The van der Waals surface area contributed by atoms with Crippen LogP contribution >= 0.6 is 15.9 Å². The van der Waals surface area contributed by atoms with Crippen molar-refractivity contribution in [1.29, 1.82) is 0 Å². The predicted octanol–water partition coefficient (Wildman–Crippen LogP) is 2.75. The first-order valence-corrected chi connectivity index (χ1v) is 5.43.